The Morgan fingerprint density at radius 2 is 1.92 bits per heavy atom. The second kappa shape index (κ2) is 6.75. The third-order valence-electron chi connectivity index (χ3n) is 4.00. The van der Waals surface area contributed by atoms with Gasteiger partial charge in [-0.25, -0.2) is 14.6 Å². The van der Waals surface area contributed by atoms with E-state index in [4.69, 9.17) is 0 Å². The fourth-order valence-electron chi connectivity index (χ4n) is 2.65. The van der Waals surface area contributed by atoms with E-state index in [1.54, 1.807) is 18.6 Å². The van der Waals surface area contributed by atoms with Crippen molar-refractivity contribution in [2.45, 2.75) is 6.54 Å². The summed E-state index contributed by atoms with van der Waals surface area (Å²) in [6, 6.07) is 13.0. The highest BCUT2D eigenvalue weighted by atomic mass is 16.1. The smallest absolute Gasteiger partial charge is 0.266 e. The van der Waals surface area contributed by atoms with E-state index in [1.807, 2.05) is 41.9 Å². The third-order valence-corrected chi connectivity index (χ3v) is 4.00. The number of aryl methyl sites for hydroxylation is 1. The monoisotopic (exact) mass is 347 g/mol. The molecular weight excluding hydrogens is 330 g/mol. The van der Waals surface area contributed by atoms with Gasteiger partial charge in [0.2, 0.25) is 5.95 Å². The van der Waals surface area contributed by atoms with Crippen molar-refractivity contribution in [1.29, 1.82) is 0 Å². The first-order chi connectivity index (χ1) is 12.7. The van der Waals surface area contributed by atoms with Gasteiger partial charge in [-0.05, 0) is 6.07 Å². The van der Waals surface area contributed by atoms with Crippen LogP contribution in [0.4, 0.5) is 5.95 Å². The maximum atomic E-state index is 12.1. The minimum absolute atomic E-state index is 0.144. The Hall–Kier alpha value is -3.55. The lowest BCUT2D eigenvalue weighted by Gasteiger charge is -2.08. The van der Waals surface area contributed by atoms with Crippen molar-refractivity contribution in [1.82, 2.24) is 29.3 Å². The predicted octanol–water partition coefficient (Wildman–Crippen LogP) is 1.70. The Balaban J connectivity index is 1.48. The quantitative estimate of drug-likeness (QED) is 0.591. The zero-order valence-corrected chi connectivity index (χ0v) is 14.2. The molecule has 0 saturated heterocycles. The maximum Gasteiger partial charge on any atom is 0.266 e. The Morgan fingerprint density at radius 3 is 2.77 bits per heavy atom. The topological polar surface area (TPSA) is 90.5 Å². The van der Waals surface area contributed by atoms with Crippen LogP contribution in [0.3, 0.4) is 0 Å². The van der Waals surface area contributed by atoms with Gasteiger partial charge in [-0.2, -0.15) is 10.1 Å². The van der Waals surface area contributed by atoms with Gasteiger partial charge in [0, 0.05) is 25.2 Å². The Kier molecular flexibility index (Phi) is 4.14. The molecule has 0 saturated carbocycles. The van der Waals surface area contributed by atoms with Crippen LogP contribution in [-0.2, 0) is 13.6 Å². The molecule has 4 rings (SSSR count). The zero-order chi connectivity index (χ0) is 17.9. The molecular formula is C18H17N7O. The molecule has 0 radical (unpaired) electrons. The molecule has 3 heterocycles. The van der Waals surface area contributed by atoms with E-state index in [1.165, 1.54) is 10.7 Å². The van der Waals surface area contributed by atoms with Crippen LogP contribution in [0.1, 0.15) is 0 Å². The Morgan fingerprint density at radius 1 is 1.08 bits per heavy atom. The molecule has 26 heavy (non-hydrogen) atoms. The molecule has 0 spiro atoms. The molecule has 0 unspecified atom stereocenters. The third kappa shape index (κ3) is 3.16. The van der Waals surface area contributed by atoms with E-state index in [0.29, 0.717) is 19.0 Å². The van der Waals surface area contributed by atoms with Crippen LogP contribution >= 0.6 is 0 Å². The SMILES string of the molecule is Cn1cnc2cnc(NCCn3nc(-c4ccccc4)ccc3=O)nc21. The zero-order valence-electron chi connectivity index (χ0n) is 14.2. The van der Waals surface area contributed by atoms with E-state index >= 15 is 0 Å². The largest absolute Gasteiger partial charge is 0.352 e. The van der Waals surface area contributed by atoms with E-state index in [-0.39, 0.29) is 5.56 Å². The van der Waals surface area contributed by atoms with Crippen LogP contribution < -0.4 is 10.9 Å². The van der Waals surface area contributed by atoms with E-state index in [2.05, 4.69) is 25.4 Å². The fraction of sp³-hybridized carbons (Fsp3) is 0.167. The second-order valence-electron chi connectivity index (χ2n) is 5.83. The Bertz CT molecular complexity index is 1100. The van der Waals surface area contributed by atoms with Gasteiger partial charge in [0.25, 0.3) is 5.56 Å². The number of anilines is 1. The summed E-state index contributed by atoms with van der Waals surface area (Å²) in [5.74, 6) is 0.494. The molecule has 1 N–H and O–H groups in total. The van der Waals surface area contributed by atoms with Crippen LogP contribution in [0.5, 0.6) is 0 Å². The van der Waals surface area contributed by atoms with Crippen LogP contribution in [0, 0.1) is 0 Å². The van der Waals surface area contributed by atoms with Crippen molar-refractivity contribution < 1.29 is 0 Å². The molecule has 0 amide bonds. The number of aromatic nitrogens is 6. The standard InChI is InChI=1S/C18H17N7O/c1-24-12-21-15-11-20-18(22-17(15)24)19-9-10-25-16(26)8-7-14(23-25)13-5-3-2-4-6-13/h2-8,11-12H,9-10H2,1H3,(H,19,20,22). The van der Waals surface area contributed by atoms with Gasteiger partial charge in [0.1, 0.15) is 5.52 Å². The summed E-state index contributed by atoms with van der Waals surface area (Å²) in [6.45, 7) is 0.890. The lowest BCUT2D eigenvalue weighted by Crippen LogP contribution is -2.26. The summed E-state index contributed by atoms with van der Waals surface area (Å²) in [5, 5.41) is 7.56. The van der Waals surface area contributed by atoms with Crippen molar-refractivity contribution in [2.24, 2.45) is 7.05 Å². The molecule has 8 heteroatoms. The lowest BCUT2D eigenvalue weighted by molar-refractivity contribution is 0.599. The number of benzene rings is 1. The molecule has 0 aliphatic rings. The van der Waals surface area contributed by atoms with Crippen molar-refractivity contribution in [3.05, 3.63) is 65.3 Å². The molecule has 8 nitrogen and oxygen atoms in total. The molecule has 1 aromatic carbocycles. The average molecular weight is 347 g/mol. The van der Waals surface area contributed by atoms with Crippen LogP contribution in [-0.4, -0.2) is 35.8 Å². The number of imidazole rings is 1. The Labute approximate surface area is 149 Å². The number of nitrogens with one attached hydrogen (secondary N) is 1. The van der Waals surface area contributed by atoms with E-state index in [9.17, 15) is 4.79 Å². The van der Waals surface area contributed by atoms with Crippen molar-refractivity contribution in [3.63, 3.8) is 0 Å². The first kappa shape index (κ1) is 15.9. The van der Waals surface area contributed by atoms with Gasteiger partial charge < -0.3 is 9.88 Å². The van der Waals surface area contributed by atoms with Crippen LogP contribution in [0.15, 0.2) is 59.8 Å². The number of rotatable bonds is 5. The minimum Gasteiger partial charge on any atom is -0.352 e. The van der Waals surface area contributed by atoms with Gasteiger partial charge in [-0.1, -0.05) is 30.3 Å². The van der Waals surface area contributed by atoms with E-state index in [0.717, 1.165) is 22.4 Å². The summed E-state index contributed by atoms with van der Waals surface area (Å²) in [4.78, 5) is 24.9. The first-order valence-corrected chi connectivity index (χ1v) is 8.22. The predicted molar refractivity (Wildman–Crippen MR) is 98.7 cm³/mol. The fourth-order valence-corrected chi connectivity index (χ4v) is 2.65. The highest BCUT2D eigenvalue weighted by Crippen LogP contribution is 2.14. The van der Waals surface area contributed by atoms with Gasteiger partial charge in [0.15, 0.2) is 5.65 Å². The number of nitrogens with zero attached hydrogens (tertiary/aromatic N) is 6. The molecule has 0 bridgehead atoms. The summed E-state index contributed by atoms with van der Waals surface area (Å²) < 4.78 is 3.27. The van der Waals surface area contributed by atoms with Gasteiger partial charge in [-0.3, -0.25) is 4.79 Å². The van der Waals surface area contributed by atoms with Gasteiger partial charge in [0.05, 0.1) is 24.8 Å². The highest BCUT2D eigenvalue weighted by Gasteiger charge is 2.06. The van der Waals surface area contributed by atoms with Crippen LogP contribution in [0.2, 0.25) is 0 Å². The molecule has 4 aromatic rings. The van der Waals surface area contributed by atoms with Gasteiger partial charge in [-0.15, -0.1) is 0 Å². The number of fused-ring (bicyclic) bond motifs is 1. The molecule has 0 fully saturated rings. The van der Waals surface area contributed by atoms with Crippen molar-refractivity contribution in [3.8, 4) is 11.3 Å². The molecule has 0 atom stereocenters. The normalized spacial score (nSPS) is 11.0. The number of hydrogen-bond acceptors (Lipinski definition) is 6. The maximum absolute atomic E-state index is 12.1. The highest BCUT2D eigenvalue weighted by molar-refractivity contribution is 5.70. The summed E-state index contributed by atoms with van der Waals surface area (Å²) in [6.07, 6.45) is 3.37. The minimum atomic E-state index is -0.144. The average Bonchev–Trinajstić information content (AvgIpc) is 3.04. The van der Waals surface area contributed by atoms with Crippen LogP contribution in [0.25, 0.3) is 22.4 Å². The van der Waals surface area contributed by atoms with Gasteiger partial charge >= 0.3 is 0 Å². The second-order valence-corrected chi connectivity index (χ2v) is 5.83. The molecule has 0 aliphatic carbocycles. The number of hydrogen-bond donors (Lipinski definition) is 1. The summed E-state index contributed by atoms with van der Waals surface area (Å²) >= 11 is 0. The molecule has 0 aliphatic heterocycles. The lowest BCUT2D eigenvalue weighted by atomic mass is 10.1. The molecule has 130 valence electrons. The van der Waals surface area contributed by atoms with E-state index < -0.39 is 0 Å². The summed E-state index contributed by atoms with van der Waals surface area (Å²) in [7, 11) is 1.88. The summed E-state index contributed by atoms with van der Waals surface area (Å²) in [5.41, 5.74) is 3.09. The van der Waals surface area contributed by atoms with Crippen molar-refractivity contribution >= 4 is 17.1 Å². The molecule has 3 aromatic heterocycles. The van der Waals surface area contributed by atoms with Crippen molar-refractivity contribution in [2.75, 3.05) is 11.9 Å². The first-order valence-electron chi connectivity index (χ1n) is 8.22.